The summed E-state index contributed by atoms with van der Waals surface area (Å²) in [5.41, 5.74) is 9.34. The molecule has 1 aliphatic rings. The molecule has 2 aromatic heterocycles. The Morgan fingerprint density at radius 1 is 0.902 bits per heavy atom. The van der Waals surface area contributed by atoms with E-state index in [1.807, 2.05) is 31.2 Å². The molecule has 0 aliphatic heterocycles. The molecule has 0 spiro atoms. The average Bonchev–Trinajstić information content (AvgIpc) is 3.66. The molecular formula is C31H25F2N5O3. The topological polar surface area (TPSA) is 111 Å². The summed E-state index contributed by atoms with van der Waals surface area (Å²) in [4.78, 5) is 25.8. The Morgan fingerprint density at radius 2 is 1.61 bits per heavy atom. The van der Waals surface area contributed by atoms with E-state index in [2.05, 4.69) is 15.7 Å². The Balaban J connectivity index is 1.20. The molecule has 1 saturated carbocycles. The Morgan fingerprint density at radius 3 is 2.29 bits per heavy atom. The zero-order valence-electron chi connectivity index (χ0n) is 21.9. The molecule has 5 aromatic rings. The molecule has 6 rings (SSSR count). The minimum absolute atomic E-state index is 0.0538. The van der Waals surface area contributed by atoms with E-state index in [4.69, 9.17) is 10.5 Å². The third-order valence-corrected chi connectivity index (χ3v) is 7.24. The minimum Gasteiger partial charge on any atom is -0.452 e. The SMILES string of the molecule is Cc1ccc(-c2ccn3nccc(Oc4ccc(NC(=O)C5(C(=O)Nc6ccc(F)cc6)CC5)cc4F)c23)cc1N. The number of benzene rings is 3. The normalized spacial score (nSPS) is 13.5. The lowest BCUT2D eigenvalue weighted by Crippen LogP contribution is -2.35. The van der Waals surface area contributed by atoms with E-state index in [1.54, 1.807) is 23.0 Å². The van der Waals surface area contributed by atoms with Crippen LogP contribution in [0.25, 0.3) is 16.6 Å². The van der Waals surface area contributed by atoms with Crippen molar-refractivity contribution in [3.05, 3.63) is 102 Å². The number of nitrogen functional groups attached to an aromatic ring is 1. The van der Waals surface area contributed by atoms with E-state index < -0.39 is 28.9 Å². The highest BCUT2D eigenvalue weighted by Crippen LogP contribution is 2.47. The van der Waals surface area contributed by atoms with Crippen LogP contribution in [0.2, 0.25) is 0 Å². The van der Waals surface area contributed by atoms with Crippen molar-refractivity contribution in [3.63, 3.8) is 0 Å². The van der Waals surface area contributed by atoms with Gasteiger partial charge in [0.25, 0.3) is 0 Å². The fourth-order valence-electron chi connectivity index (χ4n) is 4.64. The number of aromatic nitrogens is 2. The monoisotopic (exact) mass is 553 g/mol. The number of amides is 2. The van der Waals surface area contributed by atoms with E-state index in [0.29, 0.717) is 35.5 Å². The largest absolute Gasteiger partial charge is 0.452 e. The van der Waals surface area contributed by atoms with E-state index >= 15 is 4.39 Å². The number of aryl methyl sites for hydroxylation is 1. The van der Waals surface area contributed by atoms with Gasteiger partial charge in [0.1, 0.15) is 16.7 Å². The summed E-state index contributed by atoms with van der Waals surface area (Å²) in [5.74, 6) is -1.86. The van der Waals surface area contributed by atoms with Crippen molar-refractivity contribution in [3.8, 4) is 22.6 Å². The molecule has 41 heavy (non-hydrogen) atoms. The highest BCUT2D eigenvalue weighted by Gasteiger charge is 2.56. The molecule has 0 saturated heterocycles. The number of nitrogens with two attached hydrogens (primary N) is 1. The van der Waals surface area contributed by atoms with Crippen molar-refractivity contribution < 1.29 is 23.1 Å². The molecule has 1 aliphatic carbocycles. The third kappa shape index (κ3) is 4.95. The number of ether oxygens (including phenoxy) is 1. The first-order valence-electron chi connectivity index (χ1n) is 12.9. The van der Waals surface area contributed by atoms with Crippen LogP contribution < -0.4 is 21.1 Å². The van der Waals surface area contributed by atoms with Crippen molar-refractivity contribution in [2.24, 2.45) is 5.41 Å². The summed E-state index contributed by atoms with van der Waals surface area (Å²) in [6.07, 6.45) is 4.02. The van der Waals surface area contributed by atoms with Crippen molar-refractivity contribution in [1.29, 1.82) is 0 Å². The predicted molar refractivity (Wildman–Crippen MR) is 152 cm³/mol. The number of rotatable bonds is 7. The molecule has 2 amide bonds. The Hall–Kier alpha value is -5.25. The van der Waals surface area contributed by atoms with Gasteiger partial charge in [0.05, 0.1) is 6.20 Å². The number of hydrogen-bond acceptors (Lipinski definition) is 5. The molecule has 0 atom stereocenters. The van der Waals surface area contributed by atoms with Crippen molar-refractivity contribution >= 4 is 34.4 Å². The van der Waals surface area contributed by atoms with Gasteiger partial charge in [0, 0.05) is 41.0 Å². The van der Waals surface area contributed by atoms with Crippen LogP contribution in [0.1, 0.15) is 18.4 Å². The fourth-order valence-corrected chi connectivity index (χ4v) is 4.64. The molecule has 4 N–H and O–H groups in total. The zero-order valence-corrected chi connectivity index (χ0v) is 21.9. The van der Waals surface area contributed by atoms with Crippen LogP contribution in [-0.2, 0) is 9.59 Å². The number of anilines is 3. The van der Waals surface area contributed by atoms with Gasteiger partial charge in [-0.1, -0.05) is 12.1 Å². The molecule has 10 heteroatoms. The number of nitrogens with zero attached hydrogens (tertiary/aromatic N) is 2. The summed E-state index contributed by atoms with van der Waals surface area (Å²) in [6, 6.07) is 18.6. The molecule has 3 aromatic carbocycles. The Bertz CT molecular complexity index is 1810. The van der Waals surface area contributed by atoms with Crippen LogP contribution in [0.15, 0.2) is 85.2 Å². The molecule has 206 valence electrons. The molecule has 1 fully saturated rings. The lowest BCUT2D eigenvalue weighted by atomic mass is 10.0. The van der Waals surface area contributed by atoms with Gasteiger partial charge < -0.3 is 21.1 Å². The second-order valence-corrected chi connectivity index (χ2v) is 10.0. The number of nitrogens with one attached hydrogen (secondary N) is 2. The van der Waals surface area contributed by atoms with E-state index in [9.17, 15) is 14.0 Å². The first kappa shape index (κ1) is 26.0. The summed E-state index contributed by atoms with van der Waals surface area (Å²) < 4.78 is 36.0. The summed E-state index contributed by atoms with van der Waals surface area (Å²) in [5, 5.41) is 9.61. The van der Waals surface area contributed by atoms with Crippen LogP contribution in [-0.4, -0.2) is 21.4 Å². The number of carbonyl (C=O) groups excluding carboxylic acids is 2. The Labute approximate surface area is 233 Å². The number of fused-ring (bicyclic) bond motifs is 1. The first-order valence-corrected chi connectivity index (χ1v) is 12.9. The van der Waals surface area contributed by atoms with Gasteiger partial charge >= 0.3 is 0 Å². The van der Waals surface area contributed by atoms with Gasteiger partial charge in [-0.15, -0.1) is 0 Å². The van der Waals surface area contributed by atoms with Gasteiger partial charge in [0.2, 0.25) is 11.8 Å². The highest BCUT2D eigenvalue weighted by molar-refractivity contribution is 6.16. The number of hydrogen-bond donors (Lipinski definition) is 3. The van der Waals surface area contributed by atoms with Crippen molar-refractivity contribution in [1.82, 2.24) is 9.61 Å². The highest BCUT2D eigenvalue weighted by atomic mass is 19.1. The van der Waals surface area contributed by atoms with Crippen LogP contribution in [0, 0.1) is 24.0 Å². The lowest BCUT2D eigenvalue weighted by molar-refractivity contribution is -0.131. The third-order valence-electron chi connectivity index (χ3n) is 7.24. The number of halogens is 2. The maximum Gasteiger partial charge on any atom is 0.240 e. The standard InChI is InChI=1S/C31H25F2N5O3/c1-18-2-3-19(16-25(18)34)23-11-15-38-28(23)27(10-14-35-38)41-26-9-8-22(17-24(26)33)37-30(40)31(12-13-31)29(39)36-21-6-4-20(32)5-7-21/h2-11,14-17H,12-13,34H2,1H3,(H,36,39)(H,37,40). The quantitative estimate of drug-likeness (QED) is 0.161. The predicted octanol–water partition coefficient (Wildman–Crippen LogP) is 6.32. The molecule has 0 radical (unpaired) electrons. The van der Waals surface area contributed by atoms with Crippen LogP contribution in [0.5, 0.6) is 11.5 Å². The average molecular weight is 554 g/mol. The molecule has 0 unspecified atom stereocenters. The van der Waals surface area contributed by atoms with E-state index in [1.165, 1.54) is 36.4 Å². The van der Waals surface area contributed by atoms with Gasteiger partial charge in [-0.2, -0.15) is 5.10 Å². The van der Waals surface area contributed by atoms with E-state index in [0.717, 1.165) is 22.8 Å². The molecule has 8 nitrogen and oxygen atoms in total. The van der Waals surface area contributed by atoms with Gasteiger partial charge in [-0.05, 0) is 79.4 Å². The summed E-state index contributed by atoms with van der Waals surface area (Å²) in [7, 11) is 0. The maximum absolute atomic E-state index is 15.2. The van der Waals surface area contributed by atoms with Gasteiger partial charge in [-0.3, -0.25) is 9.59 Å². The first-order chi connectivity index (χ1) is 19.7. The second kappa shape index (κ2) is 10.1. The van der Waals surface area contributed by atoms with Crippen LogP contribution in [0.4, 0.5) is 25.8 Å². The van der Waals surface area contributed by atoms with E-state index in [-0.39, 0.29) is 11.4 Å². The summed E-state index contributed by atoms with van der Waals surface area (Å²) >= 11 is 0. The molecule has 2 heterocycles. The van der Waals surface area contributed by atoms with Crippen molar-refractivity contribution in [2.75, 3.05) is 16.4 Å². The second-order valence-electron chi connectivity index (χ2n) is 10.0. The lowest BCUT2D eigenvalue weighted by Gasteiger charge is -2.16. The maximum atomic E-state index is 15.2. The van der Waals surface area contributed by atoms with Gasteiger partial charge in [-0.25, -0.2) is 13.3 Å². The fraction of sp³-hybridized carbons (Fsp3) is 0.129. The number of carbonyl (C=O) groups is 2. The van der Waals surface area contributed by atoms with Crippen LogP contribution >= 0.6 is 0 Å². The van der Waals surface area contributed by atoms with Crippen LogP contribution in [0.3, 0.4) is 0 Å². The Kier molecular flexibility index (Phi) is 6.37. The molecular weight excluding hydrogens is 528 g/mol. The van der Waals surface area contributed by atoms with Gasteiger partial charge in [0.15, 0.2) is 17.3 Å². The minimum atomic E-state index is -1.27. The summed E-state index contributed by atoms with van der Waals surface area (Å²) in [6.45, 7) is 1.93. The molecule has 0 bridgehead atoms. The zero-order chi connectivity index (χ0) is 28.7. The van der Waals surface area contributed by atoms with Crippen molar-refractivity contribution in [2.45, 2.75) is 19.8 Å². The smallest absolute Gasteiger partial charge is 0.240 e.